The minimum absolute atomic E-state index is 0. The third-order valence-electron chi connectivity index (χ3n) is 3.24. The zero-order chi connectivity index (χ0) is 15.2. The molecule has 0 saturated carbocycles. The van der Waals surface area contributed by atoms with E-state index in [9.17, 15) is 5.11 Å². The van der Waals surface area contributed by atoms with Gasteiger partial charge in [-0.15, -0.1) is 35.3 Å². The number of aryl methyl sites for hydroxylation is 2. The molecule has 0 saturated heterocycles. The first-order valence-corrected chi connectivity index (χ1v) is 7.79. The van der Waals surface area contributed by atoms with Crippen LogP contribution in [0, 0.1) is 13.8 Å². The smallest absolute Gasteiger partial charge is 0.188 e. The Morgan fingerprint density at radius 2 is 2.00 bits per heavy atom. The van der Waals surface area contributed by atoms with Gasteiger partial charge in [0, 0.05) is 11.4 Å². The highest BCUT2D eigenvalue weighted by Gasteiger charge is 2.03. The molecular weight excluding hydrogens is 409 g/mol. The fourth-order valence-corrected chi connectivity index (χ4v) is 2.85. The molecule has 2 aromatic rings. The topological polar surface area (TPSA) is 70.6 Å². The van der Waals surface area contributed by atoms with Crippen LogP contribution in [-0.4, -0.2) is 17.6 Å². The molecule has 4 N–H and O–H groups in total. The molecule has 1 aromatic heterocycles. The molecule has 1 aromatic carbocycles. The number of phenolic OH excluding ortho intramolecular Hbond substituents is 1. The Morgan fingerprint density at radius 3 is 2.59 bits per heavy atom. The van der Waals surface area contributed by atoms with Crippen molar-refractivity contribution in [2.45, 2.75) is 26.8 Å². The average Bonchev–Trinajstić information content (AvgIpc) is 2.95. The molecule has 0 spiro atoms. The number of halogens is 1. The summed E-state index contributed by atoms with van der Waals surface area (Å²) in [6.07, 6.45) is 0.950. The van der Waals surface area contributed by atoms with Gasteiger partial charge in [-0.1, -0.05) is 18.2 Å². The van der Waals surface area contributed by atoms with Crippen molar-refractivity contribution in [3.05, 3.63) is 51.2 Å². The number of nitrogens with one attached hydrogen (secondary N) is 1. The predicted octanol–water partition coefficient (Wildman–Crippen LogP) is 3.34. The van der Waals surface area contributed by atoms with Crippen LogP contribution < -0.4 is 11.1 Å². The minimum Gasteiger partial charge on any atom is -0.507 e. The molecule has 22 heavy (non-hydrogen) atoms. The molecule has 120 valence electrons. The predicted molar refractivity (Wildman–Crippen MR) is 104 cm³/mol. The molecule has 0 amide bonds. The van der Waals surface area contributed by atoms with Crippen LogP contribution in [0.4, 0.5) is 0 Å². The van der Waals surface area contributed by atoms with Gasteiger partial charge in [0.25, 0.3) is 0 Å². The van der Waals surface area contributed by atoms with E-state index in [4.69, 9.17) is 5.73 Å². The zero-order valence-electron chi connectivity index (χ0n) is 12.8. The van der Waals surface area contributed by atoms with E-state index in [0.717, 1.165) is 29.7 Å². The molecule has 0 aliphatic carbocycles. The second kappa shape index (κ2) is 8.99. The number of aliphatic imine (C=N–C) groups is 1. The number of rotatable bonds is 5. The van der Waals surface area contributed by atoms with Crippen LogP contribution in [0.2, 0.25) is 0 Å². The maximum Gasteiger partial charge on any atom is 0.188 e. The average molecular weight is 431 g/mol. The van der Waals surface area contributed by atoms with Gasteiger partial charge in [-0.2, -0.15) is 0 Å². The molecule has 0 atom stereocenters. The van der Waals surface area contributed by atoms with Gasteiger partial charge < -0.3 is 16.2 Å². The summed E-state index contributed by atoms with van der Waals surface area (Å²) < 4.78 is 0. The Balaban J connectivity index is 0.00000242. The lowest BCUT2D eigenvalue weighted by molar-refractivity contribution is 0.466. The van der Waals surface area contributed by atoms with E-state index >= 15 is 0 Å². The zero-order valence-corrected chi connectivity index (χ0v) is 15.9. The number of hydrogen-bond donors (Lipinski definition) is 3. The SMILES string of the molecule is Cc1cc(CN=C(N)NCCc2cccs2)cc(C)c1O.I. The van der Waals surface area contributed by atoms with Gasteiger partial charge in [0.1, 0.15) is 5.75 Å². The third-order valence-corrected chi connectivity index (χ3v) is 4.18. The Hall–Kier alpha value is -1.28. The molecule has 0 aliphatic heterocycles. The van der Waals surface area contributed by atoms with Crippen molar-refractivity contribution in [2.24, 2.45) is 10.7 Å². The fourth-order valence-electron chi connectivity index (χ4n) is 2.14. The molecule has 6 heteroatoms. The molecular formula is C16H22IN3OS. The van der Waals surface area contributed by atoms with Crippen molar-refractivity contribution in [3.63, 3.8) is 0 Å². The van der Waals surface area contributed by atoms with Gasteiger partial charge in [-0.3, -0.25) is 0 Å². The Morgan fingerprint density at radius 1 is 1.32 bits per heavy atom. The molecule has 4 nitrogen and oxygen atoms in total. The van der Waals surface area contributed by atoms with Gasteiger partial charge >= 0.3 is 0 Å². The number of phenols is 1. The standard InChI is InChI=1S/C16H21N3OS.HI/c1-11-8-13(9-12(2)15(11)20)10-19-16(17)18-6-5-14-4-3-7-21-14;/h3-4,7-9,20H,5-6,10H2,1-2H3,(H3,17,18,19);1H. The number of guanidine groups is 1. The van der Waals surface area contributed by atoms with Gasteiger partial charge in [0.2, 0.25) is 0 Å². The molecule has 0 fully saturated rings. The maximum atomic E-state index is 9.74. The van der Waals surface area contributed by atoms with Gasteiger partial charge in [0.05, 0.1) is 6.54 Å². The molecule has 0 radical (unpaired) electrons. The third kappa shape index (κ3) is 5.49. The van der Waals surface area contributed by atoms with E-state index in [2.05, 4.69) is 21.8 Å². The first kappa shape index (κ1) is 18.8. The molecule has 0 aliphatic rings. The summed E-state index contributed by atoms with van der Waals surface area (Å²) in [5.74, 6) is 0.805. The summed E-state index contributed by atoms with van der Waals surface area (Å²) in [6.45, 7) is 5.07. The van der Waals surface area contributed by atoms with Crippen molar-refractivity contribution in [2.75, 3.05) is 6.54 Å². The van der Waals surface area contributed by atoms with E-state index < -0.39 is 0 Å². The summed E-state index contributed by atoms with van der Waals surface area (Å²) in [6, 6.07) is 8.03. The maximum absolute atomic E-state index is 9.74. The van der Waals surface area contributed by atoms with Crippen molar-refractivity contribution < 1.29 is 5.11 Å². The first-order valence-electron chi connectivity index (χ1n) is 6.91. The summed E-state index contributed by atoms with van der Waals surface area (Å²) >= 11 is 1.74. The van der Waals surface area contributed by atoms with Crippen LogP contribution in [0.25, 0.3) is 0 Å². The summed E-state index contributed by atoms with van der Waals surface area (Å²) in [5, 5.41) is 14.9. The molecule has 1 heterocycles. The van der Waals surface area contributed by atoms with E-state index in [1.165, 1.54) is 4.88 Å². The number of nitrogens with zero attached hydrogens (tertiary/aromatic N) is 1. The number of thiophene rings is 1. The van der Waals surface area contributed by atoms with E-state index in [1.54, 1.807) is 11.3 Å². The first-order chi connectivity index (χ1) is 10.1. The fraction of sp³-hybridized carbons (Fsp3) is 0.312. The summed E-state index contributed by atoms with van der Waals surface area (Å²) in [4.78, 5) is 5.66. The Labute approximate surface area is 152 Å². The summed E-state index contributed by atoms with van der Waals surface area (Å²) in [5.41, 5.74) is 8.64. The van der Waals surface area contributed by atoms with E-state index in [0.29, 0.717) is 18.3 Å². The van der Waals surface area contributed by atoms with Crippen LogP contribution in [-0.2, 0) is 13.0 Å². The van der Waals surface area contributed by atoms with Gasteiger partial charge in [0.15, 0.2) is 5.96 Å². The monoisotopic (exact) mass is 431 g/mol. The van der Waals surface area contributed by atoms with Crippen LogP contribution in [0.15, 0.2) is 34.6 Å². The lowest BCUT2D eigenvalue weighted by Gasteiger charge is -2.07. The lowest BCUT2D eigenvalue weighted by atomic mass is 10.1. The van der Waals surface area contributed by atoms with E-state index in [-0.39, 0.29) is 24.0 Å². The minimum atomic E-state index is 0. The highest BCUT2D eigenvalue weighted by molar-refractivity contribution is 14.0. The van der Waals surface area contributed by atoms with Crippen molar-refractivity contribution in [3.8, 4) is 5.75 Å². The van der Waals surface area contributed by atoms with Crippen molar-refractivity contribution in [1.29, 1.82) is 0 Å². The molecule has 2 rings (SSSR count). The number of nitrogens with two attached hydrogens (primary N) is 1. The molecule has 0 bridgehead atoms. The number of aromatic hydroxyl groups is 1. The van der Waals surface area contributed by atoms with Crippen molar-refractivity contribution in [1.82, 2.24) is 5.32 Å². The highest BCUT2D eigenvalue weighted by Crippen LogP contribution is 2.23. The van der Waals surface area contributed by atoms with E-state index in [1.807, 2.05) is 32.0 Å². The number of benzene rings is 1. The lowest BCUT2D eigenvalue weighted by Crippen LogP contribution is -2.33. The largest absolute Gasteiger partial charge is 0.507 e. The highest BCUT2D eigenvalue weighted by atomic mass is 127. The van der Waals surface area contributed by atoms with Crippen LogP contribution >= 0.6 is 35.3 Å². The van der Waals surface area contributed by atoms with Gasteiger partial charge in [-0.25, -0.2) is 4.99 Å². The molecule has 0 unspecified atom stereocenters. The van der Waals surface area contributed by atoms with Crippen LogP contribution in [0.5, 0.6) is 5.75 Å². The Kier molecular flexibility index (Phi) is 7.67. The van der Waals surface area contributed by atoms with Crippen LogP contribution in [0.1, 0.15) is 21.6 Å². The summed E-state index contributed by atoms with van der Waals surface area (Å²) in [7, 11) is 0. The quantitative estimate of drug-likeness (QED) is 0.387. The second-order valence-electron chi connectivity index (χ2n) is 5.04. The Bertz CT molecular complexity index is 603. The van der Waals surface area contributed by atoms with Crippen LogP contribution in [0.3, 0.4) is 0 Å². The van der Waals surface area contributed by atoms with Gasteiger partial charge in [-0.05, 0) is 48.4 Å². The second-order valence-corrected chi connectivity index (χ2v) is 6.07. The number of hydrogen-bond acceptors (Lipinski definition) is 3. The van der Waals surface area contributed by atoms with Crippen molar-refractivity contribution >= 4 is 41.3 Å². The normalized spacial score (nSPS) is 11.1.